The second-order valence-electron chi connectivity index (χ2n) is 8.03. The second-order valence-corrected chi connectivity index (χ2v) is 8.03. The summed E-state index contributed by atoms with van der Waals surface area (Å²) in [6.07, 6.45) is 0.474. The molecule has 0 bridgehead atoms. The third kappa shape index (κ3) is 13.2. The summed E-state index contributed by atoms with van der Waals surface area (Å²) in [5, 5.41) is 6.34. The van der Waals surface area contributed by atoms with Crippen molar-refractivity contribution in [2.24, 2.45) is 16.8 Å². The monoisotopic (exact) mass is 470 g/mol. The van der Waals surface area contributed by atoms with Crippen LogP contribution in [0.3, 0.4) is 0 Å². The molecule has 25 heavy (non-hydrogen) atoms. The van der Waals surface area contributed by atoms with Crippen LogP contribution < -0.4 is 10.6 Å². The van der Waals surface area contributed by atoms with Crippen LogP contribution in [0.5, 0.6) is 0 Å². The third-order valence-corrected chi connectivity index (χ3v) is 3.52. The SMILES string of the molecule is CN=C(NCC(C)C)N(C)CCC(NC(=O)OC(C)(C)C)C(C)C.I. The topological polar surface area (TPSA) is 66.0 Å². The van der Waals surface area contributed by atoms with Crippen LogP contribution in [0.15, 0.2) is 4.99 Å². The Morgan fingerprint density at radius 1 is 1.20 bits per heavy atom. The van der Waals surface area contributed by atoms with Crippen molar-refractivity contribution < 1.29 is 9.53 Å². The van der Waals surface area contributed by atoms with Gasteiger partial charge in [-0.05, 0) is 39.0 Å². The van der Waals surface area contributed by atoms with E-state index >= 15 is 0 Å². The van der Waals surface area contributed by atoms with E-state index in [2.05, 4.69) is 48.2 Å². The van der Waals surface area contributed by atoms with Crippen LogP contribution in [0.1, 0.15) is 54.9 Å². The molecule has 0 spiro atoms. The molecule has 7 heteroatoms. The van der Waals surface area contributed by atoms with Crippen LogP contribution in [0.4, 0.5) is 4.79 Å². The van der Waals surface area contributed by atoms with E-state index in [0.717, 1.165) is 25.5 Å². The zero-order chi connectivity index (χ0) is 18.9. The van der Waals surface area contributed by atoms with Gasteiger partial charge in [-0.1, -0.05) is 27.7 Å². The minimum atomic E-state index is -0.481. The molecule has 0 aromatic carbocycles. The predicted molar refractivity (Wildman–Crippen MR) is 117 cm³/mol. The molecule has 1 atom stereocenters. The molecule has 0 aliphatic carbocycles. The molecule has 150 valence electrons. The van der Waals surface area contributed by atoms with E-state index in [9.17, 15) is 4.79 Å². The highest BCUT2D eigenvalue weighted by Crippen LogP contribution is 2.11. The van der Waals surface area contributed by atoms with E-state index in [-0.39, 0.29) is 36.1 Å². The molecule has 0 fully saturated rings. The number of nitrogens with one attached hydrogen (secondary N) is 2. The Bertz CT molecular complexity index is 406. The summed E-state index contributed by atoms with van der Waals surface area (Å²) in [5.74, 6) is 1.77. The number of aliphatic imine (C=N–C) groups is 1. The van der Waals surface area contributed by atoms with Gasteiger partial charge in [0.1, 0.15) is 5.60 Å². The van der Waals surface area contributed by atoms with Crippen molar-refractivity contribution >= 4 is 36.0 Å². The first-order valence-electron chi connectivity index (χ1n) is 8.87. The van der Waals surface area contributed by atoms with Gasteiger partial charge in [-0.25, -0.2) is 4.79 Å². The molecular weight excluding hydrogens is 431 g/mol. The van der Waals surface area contributed by atoms with Gasteiger partial charge in [0, 0.05) is 33.2 Å². The summed E-state index contributed by atoms with van der Waals surface area (Å²) >= 11 is 0. The minimum Gasteiger partial charge on any atom is -0.444 e. The average molecular weight is 470 g/mol. The van der Waals surface area contributed by atoms with Crippen LogP contribution in [0.2, 0.25) is 0 Å². The largest absolute Gasteiger partial charge is 0.444 e. The predicted octanol–water partition coefficient (Wildman–Crippen LogP) is 3.71. The Labute approximate surface area is 171 Å². The fraction of sp³-hybridized carbons (Fsp3) is 0.889. The van der Waals surface area contributed by atoms with E-state index in [1.807, 2.05) is 27.8 Å². The fourth-order valence-corrected chi connectivity index (χ4v) is 2.15. The maximum atomic E-state index is 12.0. The molecule has 0 heterocycles. The van der Waals surface area contributed by atoms with Crippen molar-refractivity contribution in [2.75, 3.05) is 27.2 Å². The van der Waals surface area contributed by atoms with Crippen molar-refractivity contribution in [1.29, 1.82) is 0 Å². The summed E-state index contributed by atoms with van der Waals surface area (Å²) < 4.78 is 5.36. The van der Waals surface area contributed by atoms with Gasteiger partial charge in [0.25, 0.3) is 0 Å². The quantitative estimate of drug-likeness (QED) is 0.338. The fourth-order valence-electron chi connectivity index (χ4n) is 2.15. The molecule has 1 amide bonds. The molecule has 0 aliphatic rings. The number of nitrogens with zero attached hydrogens (tertiary/aromatic N) is 2. The zero-order valence-corrected chi connectivity index (χ0v) is 19.8. The number of halogens is 1. The van der Waals surface area contributed by atoms with Crippen molar-refractivity contribution in [3.05, 3.63) is 0 Å². The average Bonchev–Trinajstić information content (AvgIpc) is 2.41. The van der Waals surface area contributed by atoms with Crippen molar-refractivity contribution in [3.8, 4) is 0 Å². The number of carbonyl (C=O) groups is 1. The summed E-state index contributed by atoms with van der Waals surface area (Å²) in [4.78, 5) is 18.4. The first-order valence-corrected chi connectivity index (χ1v) is 8.87. The smallest absolute Gasteiger partial charge is 0.407 e. The summed E-state index contributed by atoms with van der Waals surface area (Å²) in [5.41, 5.74) is -0.481. The zero-order valence-electron chi connectivity index (χ0n) is 17.5. The van der Waals surface area contributed by atoms with Gasteiger partial charge < -0.3 is 20.3 Å². The number of alkyl carbamates (subject to hydrolysis) is 1. The van der Waals surface area contributed by atoms with Gasteiger partial charge in [-0.2, -0.15) is 0 Å². The molecule has 0 saturated heterocycles. The van der Waals surface area contributed by atoms with Gasteiger partial charge in [-0.3, -0.25) is 4.99 Å². The molecule has 1 unspecified atom stereocenters. The highest BCUT2D eigenvalue weighted by Gasteiger charge is 2.22. The molecule has 2 N–H and O–H groups in total. The maximum absolute atomic E-state index is 12.0. The van der Waals surface area contributed by atoms with Crippen molar-refractivity contribution in [1.82, 2.24) is 15.5 Å². The van der Waals surface area contributed by atoms with E-state index in [0.29, 0.717) is 11.8 Å². The molecule has 0 aliphatic heterocycles. The molecule has 0 radical (unpaired) electrons. The van der Waals surface area contributed by atoms with Crippen molar-refractivity contribution in [2.45, 2.75) is 66.5 Å². The Morgan fingerprint density at radius 2 is 1.76 bits per heavy atom. The number of hydrogen-bond donors (Lipinski definition) is 2. The number of ether oxygens (including phenoxy) is 1. The summed E-state index contributed by atoms with van der Waals surface area (Å²) in [7, 11) is 3.80. The number of hydrogen-bond acceptors (Lipinski definition) is 3. The highest BCUT2D eigenvalue weighted by molar-refractivity contribution is 14.0. The molecule has 6 nitrogen and oxygen atoms in total. The van der Waals surface area contributed by atoms with Crippen LogP contribution >= 0.6 is 24.0 Å². The highest BCUT2D eigenvalue weighted by atomic mass is 127. The molecule has 0 aromatic rings. The van der Waals surface area contributed by atoms with E-state index in [1.165, 1.54) is 0 Å². The number of carbonyl (C=O) groups excluding carboxylic acids is 1. The minimum absolute atomic E-state index is 0. The lowest BCUT2D eigenvalue weighted by molar-refractivity contribution is 0.0486. The molecular formula is C18H39IN4O2. The van der Waals surface area contributed by atoms with E-state index < -0.39 is 5.60 Å². The van der Waals surface area contributed by atoms with Gasteiger partial charge in [0.05, 0.1) is 0 Å². The van der Waals surface area contributed by atoms with Crippen LogP contribution in [-0.4, -0.2) is 55.8 Å². The lowest BCUT2D eigenvalue weighted by atomic mass is 10.0. The number of guanidine groups is 1. The second kappa shape index (κ2) is 12.6. The van der Waals surface area contributed by atoms with Crippen molar-refractivity contribution in [3.63, 3.8) is 0 Å². The number of rotatable bonds is 7. The Morgan fingerprint density at radius 3 is 2.16 bits per heavy atom. The number of amides is 1. The van der Waals surface area contributed by atoms with E-state index in [4.69, 9.17) is 4.74 Å². The summed E-state index contributed by atoms with van der Waals surface area (Å²) in [6, 6.07) is 0.0607. The van der Waals surface area contributed by atoms with Gasteiger partial charge in [0.2, 0.25) is 0 Å². The Hall–Kier alpha value is -0.730. The van der Waals surface area contributed by atoms with Crippen LogP contribution in [-0.2, 0) is 4.74 Å². The normalized spacial score (nSPS) is 13.3. The molecule has 0 rings (SSSR count). The van der Waals surface area contributed by atoms with E-state index in [1.54, 1.807) is 7.05 Å². The van der Waals surface area contributed by atoms with Gasteiger partial charge >= 0.3 is 6.09 Å². The first kappa shape index (κ1) is 26.5. The third-order valence-electron chi connectivity index (χ3n) is 3.52. The summed E-state index contributed by atoms with van der Waals surface area (Å²) in [6.45, 7) is 15.8. The van der Waals surface area contributed by atoms with Crippen LogP contribution in [0, 0.1) is 11.8 Å². The maximum Gasteiger partial charge on any atom is 0.407 e. The lowest BCUT2D eigenvalue weighted by Gasteiger charge is -2.28. The van der Waals surface area contributed by atoms with Crippen LogP contribution in [0.25, 0.3) is 0 Å². The standard InChI is InChI=1S/C18H38N4O2.HI/c1-13(2)12-20-16(19-8)22(9)11-10-15(14(3)4)21-17(23)24-18(5,6)7;/h13-15H,10-12H2,1-9H3,(H,19,20)(H,21,23);1H. The lowest BCUT2D eigenvalue weighted by Crippen LogP contribution is -2.45. The first-order chi connectivity index (χ1) is 11.0. The van der Waals surface area contributed by atoms with Gasteiger partial charge in [0.15, 0.2) is 5.96 Å². The molecule has 0 aromatic heterocycles. The Kier molecular flexibility index (Phi) is 13.4. The molecule has 0 saturated carbocycles. The van der Waals surface area contributed by atoms with Gasteiger partial charge in [-0.15, -0.1) is 24.0 Å². The Balaban J connectivity index is 0.